The summed E-state index contributed by atoms with van der Waals surface area (Å²) in [6, 6.07) is 1.96. The number of nitrogens with zero attached hydrogens (tertiary/aromatic N) is 1. The van der Waals surface area contributed by atoms with Crippen molar-refractivity contribution >= 4 is 0 Å². The zero-order valence-corrected chi connectivity index (χ0v) is 7.58. The maximum Gasteiger partial charge on any atom is 0.137 e. The van der Waals surface area contributed by atoms with Gasteiger partial charge in [-0.15, -0.1) is 0 Å². The number of aliphatic hydroxyl groups is 1. The van der Waals surface area contributed by atoms with Gasteiger partial charge in [0.1, 0.15) is 5.76 Å². The smallest absolute Gasteiger partial charge is 0.137 e. The van der Waals surface area contributed by atoms with E-state index >= 15 is 0 Å². The van der Waals surface area contributed by atoms with Gasteiger partial charge in [0.05, 0.1) is 5.69 Å². The predicted molar refractivity (Wildman–Crippen MR) is 46.0 cm³/mol. The average Bonchev–Trinajstić information content (AvgIpc) is 2.48. The number of aliphatic hydroxyl groups excluding tert-OH is 1. The lowest BCUT2D eigenvalue weighted by Crippen LogP contribution is -1.87. The van der Waals surface area contributed by atoms with E-state index < -0.39 is 0 Å². The van der Waals surface area contributed by atoms with Gasteiger partial charge in [-0.25, -0.2) is 0 Å². The summed E-state index contributed by atoms with van der Waals surface area (Å²) in [6.07, 6.45) is 1.52. The molecule has 0 atom stereocenters. The fourth-order valence-corrected chi connectivity index (χ4v) is 0.972. The molecule has 3 heteroatoms. The van der Waals surface area contributed by atoms with Crippen molar-refractivity contribution in [2.75, 3.05) is 6.61 Å². The van der Waals surface area contributed by atoms with E-state index in [1.54, 1.807) is 0 Å². The van der Waals surface area contributed by atoms with Gasteiger partial charge in [0, 0.05) is 19.1 Å². The molecule has 1 N–H and O–H groups in total. The molecule has 0 spiro atoms. The minimum atomic E-state index is 0.206. The first-order valence-corrected chi connectivity index (χ1v) is 4.30. The number of hydrogen-bond acceptors (Lipinski definition) is 3. The van der Waals surface area contributed by atoms with Crippen molar-refractivity contribution in [3.8, 4) is 0 Å². The molecular formula is C9H15NO2. The molecule has 0 amide bonds. The van der Waals surface area contributed by atoms with Crippen LogP contribution in [0.2, 0.25) is 0 Å². The fourth-order valence-electron chi connectivity index (χ4n) is 0.972. The van der Waals surface area contributed by atoms with Crippen LogP contribution in [0.5, 0.6) is 0 Å². The standard InChI is InChI=1S/C9H15NO2/c1-7(2)9-6-8(12-10-9)4-3-5-11/h6-7,11H,3-5H2,1-2H3. The average molecular weight is 169 g/mol. The Morgan fingerprint density at radius 3 is 2.83 bits per heavy atom. The van der Waals surface area contributed by atoms with E-state index in [9.17, 15) is 0 Å². The molecule has 0 saturated heterocycles. The molecule has 1 heterocycles. The Hall–Kier alpha value is -0.830. The lowest BCUT2D eigenvalue weighted by Gasteiger charge is -1.93. The zero-order valence-electron chi connectivity index (χ0n) is 7.58. The number of hydrogen-bond donors (Lipinski definition) is 1. The largest absolute Gasteiger partial charge is 0.396 e. The summed E-state index contributed by atoms with van der Waals surface area (Å²) >= 11 is 0. The van der Waals surface area contributed by atoms with Crippen LogP contribution in [0.4, 0.5) is 0 Å². The highest BCUT2D eigenvalue weighted by Gasteiger charge is 2.06. The van der Waals surface area contributed by atoms with Crippen LogP contribution < -0.4 is 0 Å². The van der Waals surface area contributed by atoms with Crippen LogP contribution in [0.25, 0.3) is 0 Å². The van der Waals surface area contributed by atoms with Gasteiger partial charge in [0.25, 0.3) is 0 Å². The highest BCUT2D eigenvalue weighted by molar-refractivity contribution is 5.08. The highest BCUT2D eigenvalue weighted by Crippen LogP contribution is 2.14. The first-order valence-electron chi connectivity index (χ1n) is 4.30. The molecule has 0 aliphatic rings. The summed E-state index contributed by atoms with van der Waals surface area (Å²) < 4.78 is 5.07. The summed E-state index contributed by atoms with van der Waals surface area (Å²) in [6.45, 7) is 4.36. The topological polar surface area (TPSA) is 46.3 Å². The van der Waals surface area contributed by atoms with Crippen molar-refractivity contribution in [2.24, 2.45) is 0 Å². The maximum absolute atomic E-state index is 8.58. The summed E-state index contributed by atoms with van der Waals surface area (Å²) in [4.78, 5) is 0. The Kier molecular flexibility index (Phi) is 3.29. The molecule has 3 nitrogen and oxygen atoms in total. The maximum atomic E-state index is 8.58. The molecule has 12 heavy (non-hydrogen) atoms. The van der Waals surface area contributed by atoms with Crippen LogP contribution in [-0.2, 0) is 6.42 Å². The van der Waals surface area contributed by atoms with Crippen LogP contribution >= 0.6 is 0 Å². The van der Waals surface area contributed by atoms with Crippen LogP contribution in [0.3, 0.4) is 0 Å². The summed E-state index contributed by atoms with van der Waals surface area (Å²) in [5.74, 6) is 1.28. The fraction of sp³-hybridized carbons (Fsp3) is 0.667. The van der Waals surface area contributed by atoms with Gasteiger partial charge in [-0.1, -0.05) is 19.0 Å². The Bertz CT molecular complexity index is 230. The molecule has 1 aromatic rings. The molecule has 0 aliphatic carbocycles. The molecule has 68 valence electrons. The van der Waals surface area contributed by atoms with Crippen molar-refractivity contribution in [3.05, 3.63) is 17.5 Å². The van der Waals surface area contributed by atoms with Gasteiger partial charge in [0.15, 0.2) is 0 Å². The monoisotopic (exact) mass is 169 g/mol. The molecule has 0 aliphatic heterocycles. The van der Waals surface area contributed by atoms with E-state index in [1.807, 2.05) is 6.07 Å². The quantitative estimate of drug-likeness (QED) is 0.746. The second kappa shape index (κ2) is 4.26. The number of rotatable bonds is 4. The molecule has 0 unspecified atom stereocenters. The normalized spacial score (nSPS) is 11.0. The Labute approximate surface area is 72.4 Å². The Morgan fingerprint density at radius 1 is 1.58 bits per heavy atom. The third-order valence-corrected chi connectivity index (χ3v) is 1.75. The summed E-state index contributed by atoms with van der Waals surface area (Å²) in [5, 5.41) is 12.5. The molecular weight excluding hydrogens is 154 g/mol. The van der Waals surface area contributed by atoms with Gasteiger partial charge >= 0.3 is 0 Å². The zero-order chi connectivity index (χ0) is 8.97. The number of aromatic nitrogens is 1. The molecule has 1 aromatic heterocycles. The summed E-state index contributed by atoms with van der Waals surface area (Å²) in [7, 11) is 0. The van der Waals surface area contributed by atoms with Crippen molar-refractivity contribution in [1.29, 1.82) is 0 Å². The van der Waals surface area contributed by atoms with Crippen LogP contribution in [0, 0.1) is 0 Å². The highest BCUT2D eigenvalue weighted by atomic mass is 16.5. The first kappa shape index (κ1) is 9.26. The lowest BCUT2D eigenvalue weighted by molar-refractivity contribution is 0.279. The molecule has 0 bridgehead atoms. The van der Waals surface area contributed by atoms with Gasteiger partial charge in [-0.05, 0) is 12.3 Å². The Balaban J connectivity index is 2.52. The first-order chi connectivity index (χ1) is 5.74. The van der Waals surface area contributed by atoms with Crippen LogP contribution in [-0.4, -0.2) is 16.9 Å². The third-order valence-electron chi connectivity index (χ3n) is 1.75. The van der Waals surface area contributed by atoms with Crippen molar-refractivity contribution < 1.29 is 9.63 Å². The second-order valence-corrected chi connectivity index (χ2v) is 3.20. The van der Waals surface area contributed by atoms with E-state index in [0.29, 0.717) is 5.92 Å². The minimum Gasteiger partial charge on any atom is -0.396 e. The van der Waals surface area contributed by atoms with E-state index in [2.05, 4.69) is 19.0 Å². The second-order valence-electron chi connectivity index (χ2n) is 3.20. The van der Waals surface area contributed by atoms with Crippen LogP contribution in [0.1, 0.15) is 37.6 Å². The SMILES string of the molecule is CC(C)c1cc(CCCO)on1. The minimum absolute atomic E-state index is 0.206. The molecule has 0 fully saturated rings. The lowest BCUT2D eigenvalue weighted by atomic mass is 10.1. The molecule has 0 saturated carbocycles. The van der Waals surface area contributed by atoms with E-state index in [1.165, 1.54) is 0 Å². The van der Waals surface area contributed by atoms with Gasteiger partial charge in [-0.2, -0.15) is 0 Å². The van der Waals surface area contributed by atoms with Crippen molar-refractivity contribution in [1.82, 2.24) is 5.16 Å². The Morgan fingerprint density at radius 2 is 2.33 bits per heavy atom. The summed E-state index contributed by atoms with van der Waals surface area (Å²) in [5.41, 5.74) is 0.989. The van der Waals surface area contributed by atoms with Crippen molar-refractivity contribution in [2.45, 2.75) is 32.6 Å². The van der Waals surface area contributed by atoms with E-state index in [-0.39, 0.29) is 6.61 Å². The van der Waals surface area contributed by atoms with Gasteiger partial charge in [-0.3, -0.25) is 0 Å². The third kappa shape index (κ3) is 2.34. The van der Waals surface area contributed by atoms with Gasteiger partial charge in [0.2, 0.25) is 0 Å². The van der Waals surface area contributed by atoms with Crippen LogP contribution in [0.15, 0.2) is 10.6 Å². The molecule has 0 radical (unpaired) electrons. The molecule has 1 rings (SSSR count). The van der Waals surface area contributed by atoms with Crippen molar-refractivity contribution in [3.63, 3.8) is 0 Å². The van der Waals surface area contributed by atoms with E-state index in [0.717, 1.165) is 24.3 Å². The van der Waals surface area contributed by atoms with Gasteiger partial charge < -0.3 is 9.63 Å². The predicted octanol–water partition coefficient (Wildman–Crippen LogP) is 1.72. The molecule has 0 aromatic carbocycles. The van der Waals surface area contributed by atoms with E-state index in [4.69, 9.17) is 9.63 Å². The number of aryl methyl sites for hydroxylation is 1.